The Balaban J connectivity index is 2.10. The summed E-state index contributed by atoms with van der Waals surface area (Å²) in [5.41, 5.74) is 3.82. The highest BCUT2D eigenvalue weighted by Crippen LogP contribution is 2.20. The SMILES string of the molecule is Cc1nn(C)c(C)c1C[C@@H](C)C(=O)N[C@H](CC(=O)O)c1ccccc1. The van der Waals surface area contributed by atoms with Gasteiger partial charge in [-0.2, -0.15) is 5.10 Å². The molecule has 2 aromatic rings. The van der Waals surface area contributed by atoms with Crippen molar-refractivity contribution in [1.29, 1.82) is 0 Å². The number of nitrogens with zero attached hydrogens (tertiary/aromatic N) is 2. The standard InChI is InChI=1S/C19H25N3O3/c1-12(10-16-13(2)21-22(4)14(16)3)19(25)20-17(11-18(23)24)15-8-6-5-7-9-15/h5-9,12,17H,10-11H2,1-4H3,(H,20,25)(H,23,24)/t12-,17-/m1/s1. The molecule has 1 aromatic heterocycles. The summed E-state index contributed by atoms with van der Waals surface area (Å²) in [5, 5.41) is 16.4. The summed E-state index contributed by atoms with van der Waals surface area (Å²) < 4.78 is 1.81. The Morgan fingerprint density at radius 3 is 2.40 bits per heavy atom. The third kappa shape index (κ3) is 4.68. The maximum atomic E-state index is 12.6. The van der Waals surface area contributed by atoms with Gasteiger partial charge in [-0.3, -0.25) is 14.3 Å². The Morgan fingerprint density at radius 1 is 1.24 bits per heavy atom. The van der Waals surface area contributed by atoms with Crippen LogP contribution < -0.4 is 5.32 Å². The zero-order chi connectivity index (χ0) is 18.6. The highest BCUT2D eigenvalue weighted by atomic mass is 16.4. The molecule has 2 rings (SSSR count). The van der Waals surface area contributed by atoms with E-state index in [0.29, 0.717) is 6.42 Å². The third-order valence-corrected chi connectivity index (χ3v) is 4.51. The Kier molecular flexibility index (Phi) is 5.96. The fraction of sp³-hybridized carbons (Fsp3) is 0.421. The second-order valence-electron chi connectivity index (χ2n) is 6.45. The number of aryl methyl sites for hydroxylation is 2. The monoisotopic (exact) mass is 343 g/mol. The Bertz CT molecular complexity index is 753. The number of nitrogens with one attached hydrogen (secondary N) is 1. The van der Waals surface area contributed by atoms with Crippen molar-refractivity contribution in [3.8, 4) is 0 Å². The maximum absolute atomic E-state index is 12.6. The van der Waals surface area contributed by atoms with E-state index in [1.54, 1.807) is 0 Å². The van der Waals surface area contributed by atoms with E-state index in [-0.39, 0.29) is 18.2 Å². The predicted octanol–water partition coefficient (Wildman–Crippen LogP) is 2.55. The zero-order valence-electron chi connectivity index (χ0n) is 15.1. The van der Waals surface area contributed by atoms with Crippen LogP contribution in [0.5, 0.6) is 0 Å². The van der Waals surface area contributed by atoms with E-state index in [0.717, 1.165) is 22.5 Å². The van der Waals surface area contributed by atoms with Gasteiger partial charge in [-0.1, -0.05) is 37.3 Å². The number of carbonyl (C=O) groups is 2. The average Bonchev–Trinajstić information content (AvgIpc) is 2.80. The number of rotatable bonds is 7. The van der Waals surface area contributed by atoms with Crippen molar-refractivity contribution < 1.29 is 14.7 Å². The molecule has 0 aliphatic heterocycles. The van der Waals surface area contributed by atoms with Crippen molar-refractivity contribution >= 4 is 11.9 Å². The number of amides is 1. The van der Waals surface area contributed by atoms with Crippen LogP contribution in [0, 0.1) is 19.8 Å². The van der Waals surface area contributed by atoms with Gasteiger partial charge in [-0.05, 0) is 31.4 Å². The maximum Gasteiger partial charge on any atom is 0.305 e. The molecule has 1 heterocycles. The molecule has 2 atom stereocenters. The van der Waals surface area contributed by atoms with E-state index in [4.69, 9.17) is 5.11 Å². The number of aromatic nitrogens is 2. The molecule has 0 saturated carbocycles. The van der Waals surface area contributed by atoms with Crippen LogP contribution >= 0.6 is 0 Å². The molecule has 0 saturated heterocycles. The minimum atomic E-state index is -0.944. The summed E-state index contributed by atoms with van der Waals surface area (Å²) in [6.45, 7) is 5.77. The molecular weight excluding hydrogens is 318 g/mol. The first kappa shape index (κ1) is 18.7. The first-order valence-electron chi connectivity index (χ1n) is 8.35. The first-order chi connectivity index (χ1) is 11.8. The molecule has 25 heavy (non-hydrogen) atoms. The molecule has 0 unspecified atom stereocenters. The second-order valence-corrected chi connectivity index (χ2v) is 6.45. The summed E-state index contributed by atoms with van der Waals surface area (Å²) in [6.07, 6.45) is 0.430. The quantitative estimate of drug-likeness (QED) is 0.809. The molecule has 0 aliphatic rings. The number of aliphatic carboxylic acids is 1. The summed E-state index contributed by atoms with van der Waals surface area (Å²) in [4.78, 5) is 23.8. The average molecular weight is 343 g/mol. The van der Waals surface area contributed by atoms with Crippen molar-refractivity contribution in [1.82, 2.24) is 15.1 Å². The van der Waals surface area contributed by atoms with Crippen LogP contribution in [0.1, 0.15) is 41.9 Å². The third-order valence-electron chi connectivity index (χ3n) is 4.51. The molecule has 0 radical (unpaired) electrons. The lowest BCUT2D eigenvalue weighted by Gasteiger charge is -2.20. The van der Waals surface area contributed by atoms with Crippen molar-refractivity contribution in [2.45, 2.75) is 39.7 Å². The Morgan fingerprint density at radius 2 is 1.88 bits per heavy atom. The highest BCUT2D eigenvalue weighted by molar-refractivity contribution is 5.80. The van der Waals surface area contributed by atoms with Crippen molar-refractivity contribution in [3.05, 3.63) is 52.8 Å². The van der Waals surface area contributed by atoms with Crippen LogP contribution in [0.25, 0.3) is 0 Å². The van der Waals surface area contributed by atoms with E-state index in [1.165, 1.54) is 0 Å². The fourth-order valence-corrected chi connectivity index (χ4v) is 2.94. The van der Waals surface area contributed by atoms with Gasteiger partial charge < -0.3 is 10.4 Å². The molecule has 0 aliphatic carbocycles. The van der Waals surface area contributed by atoms with Crippen LogP contribution in [0.15, 0.2) is 30.3 Å². The molecule has 1 amide bonds. The van der Waals surface area contributed by atoms with Crippen LogP contribution in [-0.4, -0.2) is 26.8 Å². The number of carbonyl (C=O) groups excluding carboxylic acids is 1. The lowest BCUT2D eigenvalue weighted by Crippen LogP contribution is -2.35. The number of hydrogen-bond acceptors (Lipinski definition) is 3. The van der Waals surface area contributed by atoms with E-state index in [9.17, 15) is 9.59 Å². The number of benzene rings is 1. The Labute approximate surface area is 147 Å². The van der Waals surface area contributed by atoms with Gasteiger partial charge in [0.1, 0.15) is 0 Å². The molecule has 0 spiro atoms. The normalized spacial score (nSPS) is 13.3. The zero-order valence-corrected chi connectivity index (χ0v) is 15.1. The topological polar surface area (TPSA) is 84.2 Å². The second kappa shape index (κ2) is 7.96. The molecule has 6 heteroatoms. The molecule has 134 valence electrons. The van der Waals surface area contributed by atoms with Gasteiger partial charge in [0.05, 0.1) is 18.2 Å². The van der Waals surface area contributed by atoms with E-state index in [1.807, 2.05) is 62.8 Å². The summed E-state index contributed by atoms with van der Waals surface area (Å²) >= 11 is 0. The van der Waals surface area contributed by atoms with Crippen molar-refractivity contribution in [2.24, 2.45) is 13.0 Å². The van der Waals surface area contributed by atoms with Gasteiger partial charge in [0.2, 0.25) is 5.91 Å². The molecule has 1 aromatic carbocycles. The van der Waals surface area contributed by atoms with E-state index in [2.05, 4.69) is 10.4 Å². The highest BCUT2D eigenvalue weighted by Gasteiger charge is 2.23. The minimum Gasteiger partial charge on any atom is -0.481 e. The largest absolute Gasteiger partial charge is 0.481 e. The van der Waals surface area contributed by atoms with E-state index >= 15 is 0 Å². The van der Waals surface area contributed by atoms with Gasteiger partial charge in [-0.25, -0.2) is 0 Å². The van der Waals surface area contributed by atoms with Crippen molar-refractivity contribution in [3.63, 3.8) is 0 Å². The van der Waals surface area contributed by atoms with Crippen LogP contribution in [-0.2, 0) is 23.1 Å². The summed E-state index contributed by atoms with van der Waals surface area (Å²) in [6, 6.07) is 8.65. The van der Waals surface area contributed by atoms with Crippen LogP contribution in [0.2, 0.25) is 0 Å². The first-order valence-corrected chi connectivity index (χ1v) is 8.35. The van der Waals surface area contributed by atoms with Crippen LogP contribution in [0.4, 0.5) is 0 Å². The number of carboxylic acids is 1. The fourth-order valence-electron chi connectivity index (χ4n) is 2.94. The predicted molar refractivity (Wildman–Crippen MR) is 95.1 cm³/mol. The molecular formula is C19H25N3O3. The minimum absolute atomic E-state index is 0.145. The number of carboxylic acid groups (broad SMARTS) is 1. The molecule has 0 fully saturated rings. The van der Waals surface area contributed by atoms with Gasteiger partial charge in [0.15, 0.2) is 0 Å². The molecule has 2 N–H and O–H groups in total. The lowest BCUT2D eigenvalue weighted by molar-refractivity contribution is -0.137. The summed E-state index contributed by atoms with van der Waals surface area (Å²) in [7, 11) is 1.88. The number of hydrogen-bond donors (Lipinski definition) is 2. The van der Waals surface area contributed by atoms with Gasteiger partial charge in [0, 0.05) is 18.7 Å². The molecule has 6 nitrogen and oxygen atoms in total. The summed E-state index contributed by atoms with van der Waals surface area (Å²) in [5.74, 6) is -1.37. The van der Waals surface area contributed by atoms with Crippen LogP contribution in [0.3, 0.4) is 0 Å². The van der Waals surface area contributed by atoms with Crippen molar-refractivity contribution in [2.75, 3.05) is 0 Å². The lowest BCUT2D eigenvalue weighted by atomic mass is 9.97. The van der Waals surface area contributed by atoms with Gasteiger partial charge in [0.25, 0.3) is 0 Å². The van der Waals surface area contributed by atoms with Gasteiger partial charge >= 0.3 is 5.97 Å². The van der Waals surface area contributed by atoms with E-state index < -0.39 is 12.0 Å². The van der Waals surface area contributed by atoms with Gasteiger partial charge in [-0.15, -0.1) is 0 Å². The molecule has 0 bridgehead atoms. The Hall–Kier alpha value is -2.63. The smallest absolute Gasteiger partial charge is 0.305 e.